The Balaban J connectivity index is 1.96. The van der Waals surface area contributed by atoms with Gasteiger partial charge in [0.2, 0.25) is 0 Å². The number of rotatable bonds is 1. The van der Waals surface area contributed by atoms with Crippen LogP contribution in [0, 0.1) is 22.6 Å². The number of carbonyl (C=O) groups excluding carboxylic acids is 1. The number of hydrogen-bond acceptors (Lipinski definition) is 5. The minimum Gasteiger partial charge on any atom is -0.397 e. The number of fused-ring (bicyclic) bond motifs is 1. The second-order valence-corrected chi connectivity index (χ2v) is 8.66. The van der Waals surface area contributed by atoms with Gasteiger partial charge in [-0.2, -0.15) is 5.26 Å². The largest absolute Gasteiger partial charge is 0.397 e. The zero-order chi connectivity index (χ0) is 18.6. The SMILES string of the molecule is CC1(C)CC(=O)C2=C(C1)Nc1sc(C#N)c(N)c1C2c1ccc(F)cc1. The molecule has 1 aromatic heterocycles. The van der Waals surface area contributed by atoms with Gasteiger partial charge in [0.1, 0.15) is 21.8 Å². The number of nitrogen functional groups attached to an aromatic ring is 1. The first kappa shape index (κ1) is 16.8. The zero-order valence-corrected chi connectivity index (χ0v) is 15.3. The molecule has 0 spiro atoms. The average Bonchev–Trinajstić information content (AvgIpc) is 2.88. The summed E-state index contributed by atoms with van der Waals surface area (Å²) in [5.74, 6) is -0.624. The number of halogens is 1. The lowest BCUT2D eigenvalue weighted by Crippen LogP contribution is -2.33. The molecular formula is C20H18FN3OS. The molecule has 1 unspecified atom stereocenters. The van der Waals surface area contributed by atoms with Gasteiger partial charge in [-0.3, -0.25) is 4.79 Å². The Bertz CT molecular complexity index is 995. The zero-order valence-electron chi connectivity index (χ0n) is 14.5. The van der Waals surface area contributed by atoms with E-state index in [0.29, 0.717) is 22.6 Å². The fourth-order valence-corrected chi connectivity index (χ4v) is 4.95. The molecule has 2 aliphatic rings. The van der Waals surface area contributed by atoms with Crippen LogP contribution in [0.15, 0.2) is 35.5 Å². The summed E-state index contributed by atoms with van der Waals surface area (Å²) in [7, 11) is 0. The van der Waals surface area contributed by atoms with Crippen LogP contribution in [0.4, 0.5) is 15.1 Å². The molecule has 0 saturated carbocycles. The predicted octanol–water partition coefficient (Wildman–Crippen LogP) is 4.54. The fourth-order valence-electron chi connectivity index (χ4n) is 3.97. The number of nitrogens with two attached hydrogens (primary N) is 1. The monoisotopic (exact) mass is 367 g/mol. The van der Waals surface area contributed by atoms with Gasteiger partial charge < -0.3 is 11.1 Å². The Kier molecular flexibility index (Phi) is 3.67. The first-order valence-corrected chi connectivity index (χ1v) is 9.23. The number of benzene rings is 1. The summed E-state index contributed by atoms with van der Waals surface area (Å²) in [5, 5.41) is 13.5. The molecule has 0 bridgehead atoms. The number of anilines is 2. The van der Waals surface area contributed by atoms with Gasteiger partial charge in [-0.15, -0.1) is 11.3 Å². The predicted molar refractivity (Wildman–Crippen MR) is 100 cm³/mol. The molecule has 6 heteroatoms. The van der Waals surface area contributed by atoms with Crippen molar-refractivity contribution in [2.24, 2.45) is 5.41 Å². The van der Waals surface area contributed by atoms with Crippen molar-refractivity contribution in [3.05, 3.63) is 57.4 Å². The number of nitrogens with zero attached hydrogens (tertiary/aromatic N) is 1. The van der Waals surface area contributed by atoms with Gasteiger partial charge in [0.15, 0.2) is 5.78 Å². The van der Waals surface area contributed by atoms with Gasteiger partial charge in [-0.25, -0.2) is 4.39 Å². The number of carbonyl (C=O) groups is 1. The third kappa shape index (κ3) is 2.51. The number of allylic oxidation sites excluding steroid dienone is 2. The molecule has 132 valence electrons. The lowest BCUT2D eigenvalue weighted by molar-refractivity contribution is -0.118. The number of nitrogens with one attached hydrogen (secondary N) is 1. The van der Waals surface area contributed by atoms with Crippen LogP contribution < -0.4 is 11.1 Å². The molecule has 26 heavy (non-hydrogen) atoms. The van der Waals surface area contributed by atoms with Crippen LogP contribution in [0.1, 0.15) is 48.6 Å². The van der Waals surface area contributed by atoms with E-state index < -0.39 is 0 Å². The fraction of sp³-hybridized carbons (Fsp3) is 0.300. The maximum atomic E-state index is 13.4. The van der Waals surface area contributed by atoms with E-state index in [1.807, 2.05) is 0 Å². The molecule has 0 saturated heterocycles. The van der Waals surface area contributed by atoms with Crippen molar-refractivity contribution >= 4 is 27.8 Å². The minimum atomic E-state index is -0.371. The molecule has 1 aromatic carbocycles. The van der Waals surface area contributed by atoms with Crippen LogP contribution in [0.2, 0.25) is 0 Å². The first-order chi connectivity index (χ1) is 12.3. The summed E-state index contributed by atoms with van der Waals surface area (Å²) in [6.45, 7) is 4.14. The van der Waals surface area contributed by atoms with E-state index in [-0.39, 0.29) is 22.9 Å². The van der Waals surface area contributed by atoms with Gasteiger partial charge in [0.25, 0.3) is 0 Å². The van der Waals surface area contributed by atoms with Crippen molar-refractivity contribution in [2.45, 2.75) is 32.6 Å². The molecule has 1 aliphatic carbocycles. The molecular weight excluding hydrogens is 349 g/mol. The Hall–Kier alpha value is -2.65. The standard InChI is InChI=1S/C20H18FN3OS/c1-20(2)7-12-16(13(25)8-20)15(10-3-5-11(21)6-4-10)17-18(23)14(9-22)26-19(17)24-12/h3-6,15,24H,7-8,23H2,1-2H3. The molecule has 0 fully saturated rings. The van der Waals surface area contributed by atoms with Gasteiger partial charge in [-0.05, 0) is 29.5 Å². The van der Waals surface area contributed by atoms with E-state index >= 15 is 0 Å². The summed E-state index contributed by atoms with van der Waals surface area (Å²) in [4.78, 5) is 13.4. The lowest BCUT2D eigenvalue weighted by atomic mass is 9.69. The molecule has 0 radical (unpaired) electrons. The third-order valence-corrected chi connectivity index (χ3v) is 6.09. The van der Waals surface area contributed by atoms with Crippen LogP contribution in [0.3, 0.4) is 0 Å². The second-order valence-electron chi connectivity index (χ2n) is 7.64. The van der Waals surface area contributed by atoms with Crippen LogP contribution in [-0.2, 0) is 4.79 Å². The highest BCUT2D eigenvalue weighted by molar-refractivity contribution is 7.17. The van der Waals surface area contributed by atoms with Gasteiger partial charge in [0, 0.05) is 29.2 Å². The Morgan fingerprint density at radius 2 is 2.00 bits per heavy atom. The van der Waals surface area contributed by atoms with Crippen LogP contribution in [0.25, 0.3) is 0 Å². The highest BCUT2D eigenvalue weighted by Crippen LogP contribution is 2.53. The summed E-state index contributed by atoms with van der Waals surface area (Å²) < 4.78 is 13.4. The van der Waals surface area contributed by atoms with Crippen LogP contribution in [-0.4, -0.2) is 5.78 Å². The lowest BCUT2D eigenvalue weighted by Gasteiger charge is -2.38. The van der Waals surface area contributed by atoms with Crippen molar-refractivity contribution in [2.75, 3.05) is 11.1 Å². The van der Waals surface area contributed by atoms with Gasteiger partial charge >= 0.3 is 0 Å². The highest BCUT2D eigenvalue weighted by atomic mass is 32.1. The van der Waals surface area contributed by atoms with Crippen molar-refractivity contribution in [3.63, 3.8) is 0 Å². The maximum Gasteiger partial charge on any atom is 0.162 e. The molecule has 1 aliphatic heterocycles. The van der Waals surface area contributed by atoms with E-state index in [4.69, 9.17) is 5.73 Å². The van der Waals surface area contributed by atoms with E-state index in [9.17, 15) is 14.4 Å². The molecule has 1 atom stereocenters. The maximum absolute atomic E-state index is 13.4. The molecule has 0 amide bonds. The van der Waals surface area contributed by atoms with Crippen molar-refractivity contribution < 1.29 is 9.18 Å². The molecule has 3 N–H and O–H groups in total. The number of thiophene rings is 1. The molecule has 2 aromatic rings. The minimum absolute atomic E-state index is 0.0767. The number of nitriles is 1. The average molecular weight is 367 g/mol. The highest BCUT2D eigenvalue weighted by Gasteiger charge is 2.42. The van der Waals surface area contributed by atoms with Gasteiger partial charge in [0.05, 0.1) is 5.69 Å². The van der Waals surface area contributed by atoms with Crippen LogP contribution >= 0.6 is 11.3 Å². The third-order valence-electron chi connectivity index (χ3n) is 5.05. The van der Waals surface area contributed by atoms with Crippen molar-refractivity contribution in [1.29, 1.82) is 5.26 Å². The van der Waals surface area contributed by atoms with Crippen LogP contribution in [0.5, 0.6) is 0 Å². The quantitative estimate of drug-likeness (QED) is 0.775. The summed E-state index contributed by atoms with van der Waals surface area (Å²) in [5.41, 5.74) is 9.67. The first-order valence-electron chi connectivity index (χ1n) is 8.42. The number of Topliss-reactive ketones (excluding diaryl/α,β-unsaturated/α-hetero) is 1. The molecule has 4 rings (SSSR count). The van der Waals surface area contributed by atoms with Crippen molar-refractivity contribution in [1.82, 2.24) is 0 Å². The summed E-state index contributed by atoms with van der Waals surface area (Å²) in [6, 6.07) is 8.30. The Labute approximate surface area is 155 Å². The summed E-state index contributed by atoms with van der Waals surface area (Å²) in [6.07, 6.45) is 1.20. The number of hydrogen-bond donors (Lipinski definition) is 2. The van der Waals surface area contributed by atoms with E-state index in [1.54, 1.807) is 12.1 Å². The normalized spacial score (nSPS) is 20.8. The number of ketones is 1. The Morgan fingerprint density at radius 1 is 1.31 bits per heavy atom. The molecule has 2 heterocycles. The van der Waals surface area contributed by atoms with E-state index in [2.05, 4.69) is 25.2 Å². The smallest absolute Gasteiger partial charge is 0.162 e. The topological polar surface area (TPSA) is 78.9 Å². The van der Waals surface area contributed by atoms with E-state index in [1.165, 1.54) is 23.5 Å². The second kappa shape index (κ2) is 5.68. The van der Waals surface area contributed by atoms with Gasteiger partial charge in [-0.1, -0.05) is 26.0 Å². The van der Waals surface area contributed by atoms with Crippen molar-refractivity contribution in [3.8, 4) is 6.07 Å². The summed E-state index contributed by atoms with van der Waals surface area (Å²) >= 11 is 1.30. The van der Waals surface area contributed by atoms with E-state index in [0.717, 1.165) is 28.2 Å². The Morgan fingerprint density at radius 3 is 2.65 bits per heavy atom. The molecule has 4 nitrogen and oxygen atoms in total.